The van der Waals surface area contributed by atoms with Crippen molar-refractivity contribution in [2.45, 2.75) is 20.8 Å². The Balaban J connectivity index is 1.80. The monoisotopic (exact) mass is 446 g/mol. The molecule has 0 fully saturated rings. The van der Waals surface area contributed by atoms with Gasteiger partial charge in [0.1, 0.15) is 4.88 Å². The number of aromatic nitrogens is 3. The summed E-state index contributed by atoms with van der Waals surface area (Å²) in [7, 11) is 0. The minimum absolute atomic E-state index is 0.178. The summed E-state index contributed by atoms with van der Waals surface area (Å²) in [5.74, 6) is -1.02. The van der Waals surface area contributed by atoms with Crippen LogP contribution in [-0.4, -0.2) is 33.2 Å². The van der Waals surface area contributed by atoms with Crippen LogP contribution < -0.4 is 10.7 Å². The van der Waals surface area contributed by atoms with E-state index < -0.39 is 17.3 Å². The lowest BCUT2D eigenvalue weighted by Gasteiger charge is -2.07. The van der Waals surface area contributed by atoms with E-state index in [9.17, 15) is 14.4 Å². The van der Waals surface area contributed by atoms with Gasteiger partial charge >= 0.3 is 5.97 Å². The van der Waals surface area contributed by atoms with Gasteiger partial charge in [0, 0.05) is 17.3 Å². The molecule has 10 heteroatoms. The largest absolute Gasteiger partial charge is 0.461 e. The number of halogens is 1. The normalized spacial score (nSPS) is 10.8. The summed E-state index contributed by atoms with van der Waals surface area (Å²) in [6.07, 6.45) is 1.46. The first-order valence-corrected chi connectivity index (χ1v) is 10.3. The lowest BCUT2D eigenvalue weighted by atomic mass is 10.2. The number of nitrogens with zero attached hydrogens (tertiary/aromatic N) is 3. The first kappa shape index (κ1) is 21.7. The molecule has 0 bridgehead atoms. The second-order valence-electron chi connectivity index (χ2n) is 6.83. The molecule has 1 aromatic carbocycles. The number of esters is 1. The van der Waals surface area contributed by atoms with Gasteiger partial charge in [0.25, 0.3) is 5.91 Å². The van der Waals surface area contributed by atoms with Gasteiger partial charge in [0.15, 0.2) is 10.8 Å². The Morgan fingerprint density at radius 3 is 2.60 bits per heavy atom. The van der Waals surface area contributed by atoms with Crippen LogP contribution in [0, 0.1) is 12.8 Å². The van der Waals surface area contributed by atoms with Crippen molar-refractivity contribution in [3.05, 3.63) is 68.0 Å². The number of carbonyl (C=O) groups excluding carboxylic acids is 2. The molecule has 2 heterocycles. The summed E-state index contributed by atoms with van der Waals surface area (Å²) >= 11 is 6.87. The molecule has 8 nitrogen and oxygen atoms in total. The third-order valence-corrected chi connectivity index (χ3v) is 5.17. The Morgan fingerprint density at radius 1 is 1.23 bits per heavy atom. The van der Waals surface area contributed by atoms with Gasteiger partial charge in [-0.15, -0.1) is 0 Å². The molecule has 1 N–H and O–H groups in total. The van der Waals surface area contributed by atoms with E-state index in [1.165, 1.54) is 16.9 Å². The predicted octanol–water partition coefficient (Wildman–Crippen LogP) is 3.72. The highest BCUT2D eigenvalue weighted by atomic mass is 35.5. The molecule has 0 aliphatic rings. The van der Waals surface area contributed by atoms with Gasteiger partial charge in [0.05, 0.1) is 18.0 Å². The van der Waals surface area contributed by atoms with E-state index in [2.05, 4.69) is 15.4 Å². The molecule has 2 aromatic heterocycles. The Hall–Kier alpha value is -3.04. The van der Waals surface area contributed by atoms with Crippen molar-refractivity contribution in [1.29, 1.82) is 0 Å². The maximum atomic E-state index is 12.6. The maximum absolute atomic E-state index is 12.6. The molecule has 0 atom stereocenters. The van der Waals surface area contributed by atoms with Crippen molar-refractivity contribution in [3.63, 3.8) is 0 Å². The molecule has 156 valence electrons. The van der Waals surface area contributed by atoms with Crippen molar-refractivity contribution in [3.8, 4) is 5.69 Å². The van der Waals surface area contributed by atoms with E-state index in [0.29, 0.717) is 21.3 Å². The molecule has 1 amide bonds. The number of hydrogen-bond donors (Lipinski definition) is 1. The molecule has 0 saturated heterocycles. The third kappa shape index (κ3) is 5.11. The molecular weight excluding hydrogens is 428 g/mol. The van der Waals surface area contributed by atoms with Crippen LogP contribution in [0.25, 0.3) is 5.69 Å². The second-order valence-corrected chi connectivity index (χ2v) is 8.27. The molecule has 30 heavy (non-hydrogen) atoms. The van der Waals surface area contributed by atoms with Crippen LogP contribution in [0.2, 0.25) is 5.02 Å². The van der Waals surface area contributed by atoms with E-state index in [0.717, 1.165) is 11.3 Å². The van der Waals surface area contributed by atoms with Crippen LogP contribution in [0.15, 0.2) is 41.3 Å². The van der Waals surface area contributed by atoms with E-state index in [-0.39, 0.29) is 23.4 Å². The number of ether oxygens (including phenoxy) is 1. The predicted molar refractivity (Wildman–Crippen MR) is 115 cm³/mol. The molecule has 0 unspecified atom stereocenters. The summed E-state index contributed by atoms with van der Waals surface area (Å²) in [6, 6.07) is 8.02. The summed E-state index contributed by atoms with van der Waals surface area (Å²) in [4.78, 5) is 41.4. The zero-order valence-corrected chi connectivity index (χ0v) is 18.1. The van der Waals surface area contributed by atoms with E-state index in [1.807, 2.05) is 13.8 Å². The number of amides is 1. The number of thiazole rings is 1. The number of hydrogen-bond acceptors (Lipinski definition) is 7. The van der Waals surface area contributed by atoms with Crippen LogP contribution in [0.5, 0.6) is 0 Å². The van der Waals surface area contributed by atoms with Crippen LogP contribution in [-0.2, 0) is 4.74 Å². The zero-order valence-electron chi connectivity index (χ0n) is 16.5. The van der Waals surface area contributed by atoms with Gasteiger partial charge in [-0.25, -0.2) is 14.5 Å². The van der Waals surface area contributed by atoms with Gasteiger partial charge in [-0.05, 0) is 37.1 Å². The fourth-order valence-electron chi connectivity index (χ4n) is 2.41. The highest BCUT2D eigenvalue weighted by molar-refractivity contribution is 7.17. The molecule has 0 aliphatic heterocycles. The average molecular weight is 447 g/mol. The van der Waals surface area contributed by atoms with Gasteiger partial charge in [-0.1, -0.05) is 36.8 Å². The minimum atomic E-state index is -0.723. The Bertz CT molecular complexity index is 1140. The molecular formula is C20H19ClN4O4S. The van der Waals surface area contributed by atoms with Crippen LogP contribution >= 0.6 is 22.9 Å². The molecule has 0 radical (unpaired) electrons. The third-order valence-electron chi connectivity index (χ3n) is 3.86. The summed E-state index contributed by atoms with van der Waals surface area (Å²) in [5.41, 5.74) is 0.226. The van der Waals surface area contributed by atoms with Gasteiger partial charge in [0.2, 0.25) is 5.43 Å². The topological polar surface area (TPSA) is 103 Å². The zero-order chi connectivity index (χ0) is 21.8. The van der Waals surface area contributed by atoms with Crippen molar-refractivity contribution in [1.82, 2.24) is 14.8 Å². The number of anilines is 1. The van der Waals surface area contributed by atoms with Crippen molar-refractivity contribution in [2.24, 2.45) is 5.92 Å². The van der Waals surface area contributed by atoms with E-state index >= 15 is 0 Å². The highest BCUT2D eigenvalue weighted by Crippen LogP contribution is 2.24. The molecule has 0 saturated carbocycles. The maximum Gasteiger partial charge on any atom is 0.350 e. The average Bonchev–Trinajstić information content (AvgIpc) is 3.07. The number of nitrogens with one attached hydrogen (secondary N) is 1. The molecule has 3 aromatic rings. The first-order chi connectivity index (χ1) is 14.2. The van der Waals surface area contributed by atoms with Crippen LogP contribution in [0.1, 0.15) is 39.7 Å². The quantitative estimate of drug-likeness (QED) is 0.579. The van der Waals surface area contributed by atoms with Gasteiger partial charge in [-0.3, -0.25) is 14.9 Å². The second kappa shape index (κ2) is 9.19. The van der Waals surface area contributed by atoms with Crippen molar-refractivity contribution >= 4 is 39.9 Å². The summed E-state index contributed by atoms with van der Waals surface area (Å²) in [5, 5.41) is 7.38. The number of rotatable bonds is 6. The van der Waals surface area contributed by atoms with Gasteiger partial charge in [-0.2, -0.15) is 5.10 Å². The Morgan fingerprint density at radius 2 is 1.93 bits per heavy atom. The fraction of sp³-hybridized carbons (Fsp3) is 0.250. The first-order valence-electron chi connectivity index (χ1n) is 9.06. The van der Waals surface area contributed by atoms with Crippen molar-refractivity contribution in [2.75, 3.05) is 11.9 Å². The Kier molecular flexibility index (Phi) is 6.63. The van der Waals surface area contributed by atoms with E-state index in [4.69, 9.17) is 16.3 Å². The SMILES string of the molecule is Cc1nc(NC(=O)c2nn(-c3ccc(Cl)cc3)ccc2=O)sc1C(=O)OCC(C)C. The van der Waals surface area contributed by atoms with Crippen LogP contribution in [0.3, 0.4) is 0 Å². The fourth-order valence-corrected chi connectivity index (χ4v) is 3.39. The smallest absolute Gasteiger partial charge is 0.350 e. The number of aryl methyl sites for hydroxylation is 1. The standard InChI is InChI=1S/C20H19ClN4O4S/c1-11(2)10-29-19(28)17-12(3)22-20(30-17)23-18(27)16-15(26)8-9-25(24-16)14-6-4-13(21)5-7-14/h4-9,11H,10H2,1-3H3,(H,22,23,27). The van der Waals surface area contributed by atoms with Gasteiger partial charge < -0.3 is 4.74 Å². The lowest BCUT2D eigenvalue weighted by molar-refractivity contribution is 0.0463. The molecule has 3 rings (SSSR count). The minimum Gasteiger partial charge on any atom is -0.461 e. The number of benzene rings is 1. The Labute approximate surface area is 181 Å². The summed E-state index contributed by atoms with van der Waals surface area (Å²) in [6.45, 7) is 5.80. The molecule has 0 spiro atoms. The van der Waals surface area contributed by atoms with E-state index in [1.54, 1.807) is 31.2 Å². The highest BCUT2D eigenvalue weighted by Gasteiger charge is 2.20. The van der Waals surface area contributed by atoms with Crippen LogP contribution in [0.4, 0.5) is 5.13 Å². The molecule has 0 aliphatic carbocycles. The van der Waals surface area contributed by atoms with Crippen molar-refractivity contribution < 1.29 is 14.3 Å². The summed E-state index contributed by atoms with van der Waals surface area (Å²) < 4.78 is 6.61. The number of carbonyl (C=O) groups is 2. The lowest BCUT2D eigenvalue weighted by Crippen LogP contribution is -2.25.